The molecule has 2 aliphatic heterocycles. The van der Waals surface area contributed by atoms with Crippen LogP contribution in [0.5, 0.6) is 0 Å². The molecule has 0 radical (unpaired) electrons. The van der Waals surface area contributed by atoms with Gasteiger partial charge >= 0.3 is 35.5 Å². The van der Waals surface area contributed by atoms with Crippen molar-refractivity contribution >= 4 is 40.8 Å². The second-order valence-corrected chi connectivity index (χ2v) is 11.8. The van der Waals surface area contributed by atoms with Gasteiger partial charge in [-0.15, -0.1) is 0 Å². The second-order valence-electron chi connectivity index (χ2n) is 11.8. The van der Waals surface area contributed by atoms with Gasteiger partial charge in [0.25, 0.3) is 11.3 Å². The summed E-state index contributed by atoms with van der Waals surface area (Å²) >= 11 is 0. The molecule has 3 atom stereocenters. The minimum Gasteiger partial charge on any atom is -1.00 e. The van der Waals surface area contributed by atoms with Gasteiger partial charge in [-0.05, 0) is 43.2 Å². The first-order valence-electron chi connectivity index (χ1n) is 15.9. The molecule has 18 heteroatoms. The summed E-state index contributed by atoms with van der Waals surface area (Å²) in [5, 5.41) is 0. The van der Waals surface area contributed by atoms with Crippen LogP contribution in [0.4, 0.5) is 0 Å². The molecule has 2 aromatic rings. The first-order valence-corrected chi connectivity index (χ1v) is 15.9. The van der Waals surface area contributed by atoms with Gasteiger partial charge in [-0.2, -0.15) is 9.55 Å². The van der Waals surface area contributed by atoms with E-state index in [0.29, 0.717) is 11.0 Å². The van der Waals surface area contributed by atoms with E-state index in [9.17, 15) is 33.6 Å². The highest BCUT2D eigenvalue weighted by atomic mass is 127. The van der Waals surface area contributed by atoms with Gasteiger partial charge in [-0.3, -0.25) is 33.3 Å². The molecular weight excluding hydrogens is 795 g/mol. The number of carbonyl (C=O) groups excluding carboxylic acids is 5. The molecule has 17 nitrogen and oxygen atoms in total. The van der Waals surface area contributed by atoms with E-state index in [1.165, 1.54) is 4.57 Å². The molecule has 1 amide bonds. The van der Waals surface area contributed by atoms with Crippen LogP contribution < -0.4 is 45.5 Å². The number of carbonyl (C=O) groups is 5. The van der Waals surface area contributed by atoms with E-state index in [0.717, 1.165) is 43.4 Å². The molecule has 0 bridgehead atoms. The van der Waals surface area contributed by atoms with E-state index >= 15 is 0 Å². The Bertz CT molecular complexity index is 2100. The van der Waals surface area contributed by atoms with Gasteiger partial charge in [0.1, 0.15) is 6.61 Å². The minimum absolute atomic E-state index is 0. The van der Waals surface area contributed by atoms with Crippen LogP contribution in [-0.4, -0.2) is 73.8 Å². The summed E-state index contributed by atoms with van der Waals surface area (Å²) in [6.07, 6.45) is -2.49. The minimum atomic E-state index is -1.53. The monoisotopic (exact) mass is 834 g/mol. The number of hydrogen-bond acceptors (Lipinski definition) is 13. The fourth-order valence-electron chi connectivity index (χ4n) is 5.60. The van der Waals surface area contributed by atoms with Crippen LogP contribution in [0.2, 0.25) is 0 Å². The summed E-state index contributed by atoms with van der Waals surface area (Å²) in [6.45, 7) is 7.35. The van der Waals surface area contributed by atoms with Crippen molar-refractivity contribution in [3.63, 3.8) is 0 Å². The molecule has 0 saturated carbocycles. The highest BCUT2D eigenvalue weighted by molar-refractivity contribution is 5.89. The second kappa shape index (κ2) is 17.8. The van der Waals surface area contributed by atoms with Crippen molar-refractivity contribution in [2.75, 3.05) is 6.61 Å². The third-order valence-electron chi connectivity index (χ3n) is 7.92. The molecule has 0 aliphatic carbocycles. The molecule has 2 aliphatic rings. The average molecular weight is 835 g/mol. The van der Waals surface area contributed by atoms with Crippen LogP contribution in [0, 0.1) is 13.8 Å². The normalized spacial score (nSPS) is 12.7. The van der Waals surface area contributed by atoms with Crippen LogP contribution in [-0.2, 0) is 57.8 Å². The Kier molecular flexibility index (Phi) is 14.1. The van der Waals surface area contributed by atoms with Crippen LogP contribution in [0.1, 0.15) is 55.7 Å². The van der Waals surface area contributed by atoms with Gasteiger partial charge in [0.2, 0.25) is 0 Å². The molecule has 4 rings (SSSR count). The number of esters is 4. The lowest BCUT2D eigenvalue weighted by molar-refractivity contribution is -0.699. The molecule has 1 aromatic heterocycles. The molecular formula is C34H39IN6O11. The van der Waals surface area contributed by atoms with Crippen molar-refractivity contribution in [2.45, 2.75) is 85.9 Å². The Labute approximate surface area is 314 Å². The summed E-state index contributed by atoms with van der Waals surface area (Å²) in [4.78, 5) is 96.7. The lowest BCUT2D eigenvalue weighted by Gasteiger charge is -2.32. The molecule has 2 N–H and O–H groups in total. The quantitative estimate of drug-likeness (QED) is 0.0458. The maximum Gasteiger partial charge on any atom is 0.352 e. The predicted molar refractivity (Wildman–Crippen MR) is 177 cm³/mol. The Morgan fingerprint density at radius 3 is 2.10 bits per heavy atom. The van der Waals surface area contributed by atoms with Crippen molar-refractivity contribution in [2.24, 2.45) is 5.73 Å². The number of ether oxygens (including phenoxy) is 4. The molecule has 0 saturated heterocycles. The SMILES string of the molecule is CC(=O)OCC(OC(C)=O)C(OC(C)=O)C(Cn1c2nc(=O)n(CCC[n+]3ccccc3C(N)=O)c(=O)c-2nc2cc(C)c(C)cc21)OC(C)=O.[I-]. The molecule has 0 spiro atoms. The third-order valence-corrected chi connectivity index (χ3v) is 7.92. The van der Waals surface area contributed by atoms with Crippen LogP contribution in [0.3, 0.4) is 0 Å². The fourth-order valence-corrected chi connectivity index (χ4v) is 5.60. The van der Waals surface area contributed by atoms with E-state index in [2.05, 4.69) is 9.97 Å². The number of aryl methyl sites for hydroxylation is 3. The summed E-state index contributed by atoms with van der Waals surface area (Å²) in [7, 11) is 0. The fraction of sp³-hybridized carbons (Fsp3) is 0.412. The number of nitrogens with two attached hydrogens (primary N) is 1. The molecule has 3 heterocycles. The Hall–Kier alpha value is -5.27. The zero-order chi connectivity index (χ0) is 37.6. The molecule has 52 heavy (non-hydrogen) atoms. The first kappa shape index (κ1) is 41.2. The highest BCUT2D eigenvalue weighted by Gasteiger charge is 2.39. The van der Waals surface area contributed by atoms with Crippen LogP contribution in [0.25, 0.3) is 22.6 Å². The molecule has 278 valence electrons. The maximum atomic E-state index is 13.9. The number of fused-ring (bicyclic) bond motifs is 2. The van der Waals surface area contributed by atoms with Crippen molar-refractivity contribution in [3.8, 4) is 11.5 Å². The predicted octanol–water partition coefficient (Wildman–Crippen LogP) is -2.49. The summed E-state index contributed by atoms with van der Waals surface area (Å²) in [5.74, 6) is -3.96. The number of benzene rings is 1. The molecule has 0 fully saturated rings. The summed E-state index contributed by atoms with van der Waals surface area (Å²) < 4.78 is 25.6. The average Bonchev–Trinajstić information content (AvgIpc) is 3.04. The number of primary amides is 1. The number of nitrogens with zero attached hydrogens (tertiary/aromatic N) is 5. The van der Waals surface area contributed by atoms with Gasteiger partial charge in [0, 0.05) is 52.8 Å². The zero-order valence-electron chi connectivity index (χ0n) is 29.4. The number of pyridine rings is 1. The first-order chi connectivity index (χ1) is 24.1. The Balaban J connectivity index is 0.00000729. The van der Waals surface area contributed by atoms with E-state index in [4.69, 9.17) is 24.7 Å². The number of aromatic nitrogens is 5. The van der Waals surface area contributed by atoms with Crippen molar-refractivity contribution in [1.82, 2.24) is 19.1 Å². The largest absolute Gasteiger partial charge is 1.00 e. The Morgan fingerprint density at radius 1 is 0.846 bits per heavy atom. The number of amides is 1. The highest BCUT2D eigenvalue weighted by Crippen LogP contribution is 2.26. The number of halogens is 1. The third kappa shape index (κ3) is 9.95. The smallest absolute Gasteiger partial charge is 0.352 e. The van der Waals surface area contributed by atoms with Gasteiger partial charge in [0.05, 0.1) is 17.6 Å². The zero-order valence-corrected chi connectivity index (χ0v) is 31.6. The topological polar surface area (TPSA) is 222 Å². The molecule has 3 unspecified atom stereocenters. The van der Waals surface area contributed by atoms with Gasteiger partial charge in [-0.1, -0.05) is 0 Å². The lowest BCUT2D eigenvalue weighted by atomic mass is 10.1. The van der Waals surface area contributed by atoms with Crippen molar-refractivity contribution in [1.29, 1.82) is 0 Å². The van der Waals surface area contributed by atoms with Crippen LogP contribution >= 0.6 is 0 Å². The van der Waals surface area contributed by atoms with Gasteiger partial charge in [0.15, 0.2) is 42.6 Å². The lowest BCUT2D eigenvalue weighted by Crippen LogP contribution is -3.00. The van der Waals surface area contributed by atoms with Gasteiger partial charge < -0.3 is 53.2 Å². The Morgan fingerprint density at radius 2 is 1.48 bits per heavy atom. The molecule has 1 aromatic carbocycles. The number of hydrogen-bond donors (Lipinski definition) is 1. The van der Waals surface area contributed by atoms with E-state index in [1.807, 2.05) is 13.8 Å². The maximum absolute atomic E-state index is 13.9. The summed E-state index contributed by atoms with van der Waals surface area (Å²) in [5.41, 5.74) is 6.27. The van der Waals surface area contributed by atoms with E-state index < -0.39 is 66.0 Å². The van der Waals surface area contributed by atoms with E-state index in [-0.39, 0.29) is 67.2 Å². The van der Waals surface area contributed by atoms with E-state index in [1.54, 1.807) is 41.1 Å². The standard InChI is InChI=1S/C34H38N6O11.HI/c1-18-14-24-26(15-19(18)2)40(16-27(49-21(4)42)30(51-23(6)44)28(50-22(5)43)17-48-20(3)41)32-29(36-24)33(46)39(34(47)37-32)13-9-12-38-11-8-7-10-25(38)31(35)45;/h7-8,10-11,14-15,27-28,30H,9,12-13,16-17H2,1-6H3,(H-,35,45);1H. The number of rotatable bonds is 14. The van der Waals surface area contributed by atoms with Gasteiger partial charge in [-0.25, -0.2) is 9.78 Å². The van der Waals surface area contributed by atoms with Crippen molar-refractivity contribution in [3.05, 3.63) is 74.2 Å². The summed E-state index contributed by atoms with van der Waals surface area (Å²) in [6, 6.07) is 8.42. The van der Waals surface area contributed by atoms with Crippen molar-refractivity contribution < 1.29 is 71.5 Å². The van der Waals surface area contributed by atoms with Crippen LogP contribution in [0.15, 0.2) is 46.1 Å².